The van der Waals surface area contributed by atoms with Gasteiger partial charge in [-0.2, -0.15) is 4.89 Å². The van der Waals surface area contributed by atoms with Gasteiger partial charge < -0.3 is 25.8 Å². The topological polar surface area (TPSA) is 123 Å². The van der Waals surface area contributed by atoms with Gasteiger partial charge in [0.25, 0.3) is 0 Å². The number of hydrogen-bond donors (Lipinski definition) is 2. The van der Waals surface area contributed by atoms with Crippen molar-refractivity contribution in [3.63, 3.8) is 0 Å². The average Bonchev–Trinajstić information content (AvgIpc) is 3.21. The monoisotopic (exact) mass is 328 g/mol. The van der Waals surface area contributed by atoms with Crippen molar-refractivity contribution < 1.29 is 28.8 Å². The summed E-state index contributed by atoms with van der Waals surface area (Å²) in [4.78, 5) is 33.9. The van der Waals surface area contributed by atoms with Gasteiger partial charge in [-0.1, -0.05) is 0 Å². The van der Waals surface area contributed by atoms with E-state index in [9.17, 15) is 9.59 Å². The minimum Gasteiger partial charge on any atom is -0.454 e. The summed E-state index contributed by atoms with van der Waals surface area (Å²) in [6.45, 7) is 0.0903. The lowest BCUT2D eigenvalue weighted by Gasteiger charge is -2.15. The molecule has 0 unspecified atom stereocenters. The maximum absolute atomic E-state index is 11.9. The van der Waals surface area contributed by atoms with Crippen LogP contribution in [0.4, 0.5) is 0 Å². The van der Waals surface area contributed by atoms with Gasteiger partial charge in [-0.15, -0.1) is 0 Å². The summed E-state index contributed by atoms with van der Waals surface area (Å²) in [6.07, 6.45) is 0. The molecule has 8 nitrogen and oxygen atoms in total. The molecule has 0 bridgehead atoms. The highest BCUT2D eigenvalue weighted by Gasteiger charge is 2.31. The first-order valence-corrected chi connectivity index (χ1v) is 7.06. The summed E-state index contributed by atoms with van der Waals surface area (Å²) in [5, 5.41) is 0. The first kappa shape index (κ1) is 14.3. The maximum atomic E-state index is 11.9. The lowest BCUT2D eigenvalue weighted by Crippen LogP contribution is -2.16. The van der Waals surface area contributed by atoms with E-state index in [0.29, 0.717) is 33.9 Å². The summed E-state index contributed by atoms with van der Waals surface area (Å²) >= 11 is 0. The Hall–Kier alpha value is -3.26. The van der Waals surface area contributed by atoms with Crippen molar-refractivity contribution in [1.82, 2.24) is 0 Å². The zero-order chi connectivity index (χ0) is 16.8. The lowest BCUT2D eigenvalue weighted by molar-refractivity contribution is -0.194. The SMILES string of the molecule is NC(=O)c1ccc2c(c1-c1c(C(N)=O)ccc3c1OCO3)COO2. The van der Waals surface area contributed by atoms with Crippen molar-refractivity contribution in [2.45, 2.75) is 6.61 Å². The molecule has 2 aliphatic heterocycles. The van der Waals surface area contributed by atoms with Crippen LogP contribution in [0.25, 0.3) is 11.1 Å². The Kier molecular flexibility index (Phi) is 3.07. The van der Waals surface area contributed by atoms with E-state index in [1.54, 1.807) is 12.1 Å². The summed E-state index contributed by atoms with van der Waals surface area (Å²) < 4.78 is 10.9. The molecule has 4 rings (SSSR count). The summed E-state index contributed by atoms with van der Waals surface area (Å²) in [6, 6.07) is 6.19. The number of amides is 2. The van der Waals surface area contributed by atoms with Crippen molar-refractivity contribution in [3.05, 3.63) is 41.0 Å². The highest BCUT2D eigenvalue weighted by Crippen LogP contribution is 2.48. The smallest absolute Gasteiger partial charge is 0.249 e. The Morgan fingerprint density at radius 3 is 2.25 bits per heavy atom. The number of rotatable bonds is 3. The molecule has 0 atom stereocenters. The van der Waals surface area contributed by atoms with Crippen molar-refractivity contribution in [1.29, 1.82) is 0 Å². The third-order valence-electron chi connectivity index (χ3n) is 3.94. The van der Waals surface area contributed by atoms with Gasteiger partial charge in [-0.25, -0.2) is 0 Å². The van der Waals surface area contributed by atoms with Crippen LogP contribution in [0.15, 0.2) is 24.3 Å². The molecule has 2 amide bonds. The first-order valence-electron chi connectivity index (χ1n) is 7.06. The first-order chi connectivity index (χ1) is 11.6. The normalized spacial score (nSPS) is 14.2. The minimum atomic E-state index is -0.670. The van der Waals surface area contributed by atoms with Gasteiger partial charge in [0, 0.05) is 22.3 Å². The third-order valence-corrected chi connectivity index (χ3v) is 3.94. The van der Waals surface area contributed by atoms with E-state index in [0.717, 1.165) is 0 Å². The molecule has 2 heterocycles. The van der Waals surface area contributed by atoms with Crippen LogP contribution in [0, 0.1) is 0 Å². The summed E-state index contributed by atoms with van der Waals surface area (Å²) in [5.74, 6) is -0.123. The Morgan fingerprint density at radius 2 is 1.54 bits per heavy atom. The van der Waals surface area contributed by atoms with Gasteiger partial charge in [0.15, 0.2) is 17.2 Å². The van der Waals surface area contributed by atoms with Crippen molar-refractivity contribution in [2.75, 3.05) is 6.79 Å². The zero-order valence-corrected chi connectivity index (χ0v) is 12.3. The van der Waals surface area contributed by atoms with Crippen LogP contribution in [-0.4, -0.2) is 18.6 Å². The zero-order valence-electron chi connectivity index (χ0n) is 12.3. The second-order valence-corrected chi connectivity index (χ2v) is 5.26. The molecule has 2 aromatic carbocycles. The number of carbonyl (C=O) groups excluding carboxylic acids is 2. The molecule has 0 spiro atoms. The highest BCUT2D eigenvalue weighted by atomic mass is 17.2. The molecule has 0 aliphatic carbocycles. The Labute approximate surface area is 135 Å². The van der Waals surface area contributed by atoms with Gasteiger partial charge in [-0.05, 0) is 24.3 Å². The molecule has 0 saturated heterocycles. The predicted octanol–water partition coefficient (Wildman–Crippen LogP) is 1.10. The van der Waals surface area contributed by atoms with Crippen molar-refractivity contribution in [2.24, 2.45) is 11.5 Å². The lowest BCUT2D eigenvalue weighted by atomic mass is 9.89. The number of ether oxygens (including phenoxy) is 2. The van der Waals surface area contributed by atoms with E-state index in [-0.39, 0.29) is 24.5 Å². The Bertz CT molecular complexity index is 819. The molecule has 2 aromatic rings. The highest BCUT2D eigenvalue weighted by molar-refractivity contribution is 6.08. The average molecular weight is 328 g/mol. The van der Waals surface area contributed by atoms with E-state index >= 15 is 0 Å². The molecule has 8 heteroatoms. The fourth-order valence-corrected chi connectivity index (χ4v) is 2.92. The van der Waals surface area contributed by atoms with Crippen LogP contribution in [-0.2, 0) is 11.5 Å². The van der Waals surface area contributed by atoms with Crippen LogP contribution >= 0.6 is 0 Å². The number of fused-ring (bicyclic) bond motifs is 2. The van der Waals surface area contributed by atoms with E-state index in [2.05, 4.69) is 0 Å². The standard InChI is InChI=1S/C16H12N2O6/c17-15(19)7-1-3-10-9(5-23-24-10)12(7)13-8(16(18)20)2-4-11-14(13)22-6-21-11/h1-4H,5-6H2,(H2,17,19)(H2,18,20). The molecular formula is C16H12N2O6. The van der Waals surface area contributed by atoms with E-state index in [1.165, 1.54) is 12.1 Å². The van der Waals surface area contributed by atoms with Gasteiger partial charge in [-0.3, -0.25) is 9.59 Å². The fourth-order valence-electron chi connectivity index (χ4n) is 2.92. The predicted molar refractivity (Wildman–Crippen MR) is 80.5 cm³/mol. The van der Waals surface area contributed by atoms with Gasteiger partial charge in [0.05, 0.1) is 5.56 Å². The molecule has 0 saturated carbocycles. The van der Waals surface area contributed by atoms with Crippen LogP contribution in [0.3, 0.4) is 0 Å². The quantitative estimate of drug-likeness (QED) is 0.813. The molecule has 2 aliphatic rings. The summed E-state index contributed by atoms with van der Waals surface area (Å²) in [5.41, 5.74) is 12.7. The van der Waals surface area contributed by atoms with E-state index in [4.69, 9.17) is 30.7 Å². The number of nitrogens with two attached hydrogens (primary N) is 2. The van der Waals surface area contributed by atoms with E-state index < -0.39 is 11.8 Å². The molecule has 122 valence electrons. The molecule has 4 N–H and O–H groups in total. The Morgan fingerprint density at radius 1 is 0.875 bits per heavy atom. The van der Waals surface area contributed by atoms with Gasteiger partial charge in [0.1, 0.15) is 6.61 Å². The van der Waals surface area contributed by atoms with Crippen LogP contribution in [0.2, 0.25) is 0 Å². The van der Waals surface area contributed by atoms with Crippen LogP contribution < -0.4 is 25.8 Å². The van der Waals surface area contributed by atoms with E-state index in [1.807, 2.05) is 0 Å². The second kappa shape index (κ2) is 5.14. The number of primary amides is 2. The molecule has 0 radical (unpaired) electrons. The summed E-state index contributed by atoms with van der Waals surface area (Å²) in [7, 11) is 0. The van der Waals surface area contributed by atoms with Gasteiger partial charge >= 0.3 is 0 Å². The van der Waals surface area contributed by atoms with Crippen molar-refractivity contribution in [3.8, 4) is 28.4 Å². The fraction of sp³-hybridized carbons (Fsp3) is 0.125. The van der Waals surface area contributed by atoms with Gasteiger partial charge in [0.2, 0.25) is 18.6 Å². The molecule has 24 heavy (non-hydrogen) atoms. The van der Waals surface area contributed by atoms with Crippen molar-refractivity contribution >= 4 is 11.8 Å². The largest absolute Gasteiger partial charge is 0.454 e. The molecular weight excluding hydrogens is 316 g/mol. The molecule has 0 aromatic heterocycles. The number of carbonyl (C=O) groups is 2. The van der Waals surface area contributed by atoms with Crippen LogP contribution in [0.5, 0.6) is 17.2 Å². The Balaban J connectivity index is 2.11. The van der Waals surface area contributed by atoms with Crippen LogP contribution in [0.1, 0.15) is 26.3 Å². The number of hydrogen-bond acceptors (Lipinski definition) is 6. The number of benzene rings is 2. The minimum absolute atomic E-state index is 0.00151. The maximum Gasteiger partial charge on any atom is 0.249 e. The third kappa shape index (κ3) is 1.97. The molecule has 0 fully saturated rings. The second-order valence-electron chi connectivity index (χ2n) is 5.26.